The summed E-state index contributed by atoms with van der Waals surface area (Å²) >= 11 is 0. The van der Waals surface area contributed by atoms with Gasteiger partial charge in [0.25, 0.3) is 5.91 Å². The molecular weight excluding hydrogens is 262 g/mol. The third-order valence-corrected chi connectivity index (χ3v) is 3.77. The molecule has 0 saturated heterocycles. The van der Waals surface area contributed by atoms with Gasteiger partial charge in [-0.1, -0.05) is 30.3 Å². The Bertz CT molecular complexity index is 622. The molecule has 1 aromatic carbocycles. The van der Waals surface area contributed by atoms with Crippen molar-refractivity contribution in [1.82, 2.24) is 9.88 Å². The highest BCUT2D eigenvalue weighted by atomic mass is 16.2. The van der Waals surface area contributed by atoms with Crippen LogP contribution in [0.1, 0.15) is 28.3 Å². The van der Waals surface area contributed by atoms with Crippen LogP contribution in [0.25, 0.3) is 0 Å². The van der Waals surface area contributed by atoms with Crippen LogP contribution in [0.15, 0.2) is 48.7 Å². The minimum atomic E-state index is -0.0253. The summed E-state index contributed by atoms with van der Waals surface area (Å²) in [6.45, 7) is 0. The molecule has 0 aliphatic heterocycles. The van der Waals surface area contributed by atoms with Gasteiger partial charge in [-0.25, -0.2) is 4.98 Å². The molecule has 4 heteroatoms. The standard InChI is InChI=1S/C17H19N3O/c1-20(2)17(21)13-8-9-16(18-11-13)19-15-10-14(15)12-6-4-3-5-7-12/h3-9,11,14-15H,10H2,1-2H3,(H,18,19). The van der Waals surface area contributed by atoms with E-state index in [4.69, 9.17) is 0 Å². The van der Waals surface area contributed by atoms with Crippen molar-refractivity contribution < 1.29 is 4.79 Å². The van der Waals surface area contributed by atoms with Crippen LogP contribution in [0.2, 0.25) is 0 Å². The lowest BCUT2D eigenvalue weighted by Crippen LogP contribution is -2.21. The second-order valence-corrected chi connectivity index (χ2v) is 5.64. The van der Waals surface area contributed by atoms with E-state index >= 15 is 0 Å². The summed E-state index contributed by atoms with van der Waals surface area (Å²) in [5.74, 6) is 1.37. The van der Waals surface area contributed by atoms with Gasteiger partial charge in [0.15, 0.2) is 0 Å². The Morgan fingerprint density at radius 1 is 1.19 bits per heavy atom. The molecular formula is C17H19N3O. The minimum Gasteiger partial charge on any atom is -0.367 e. The second kappa shape index (κ2) is 5.56. The zero-order valence-corrected chi connectivity index (χ0v) is 12.3. The van der Waals surface area contributed by atoms with Gasteiger partial charge in [-0.15, -0.1) is 0 Å². The molecule has 3 rings (SSSR count). The number of hydrogen-bond acceptors (Lipinski definition) is 3. The molecule has 2 atom stereocenters. The van der Waals surface area contributed by atoms with E-state index in [9.17, 15) is 4.79 Å². The van der Waals surface area contributed by atoms with Crippen molar-refractivity contribution >= 4 is 11.7 Å². The number of nitrogens with zero attached hydrogens (tertiary/aromatic N) is 2. The second-order valence-electron chi connectivity index (χ2n) is 5.64. The average Bonchev–Trinajstić information content (AvgIpc) is 3.27. The average molecular weight is 281 g/mol. The number of anilines is 1. The van der Waals surface area contributed by atoms with Gasteiger partial charge in [-0.3, -0.25) is 4.79 Å². The van der Waals surface area contributed by atoms with Crippen LogP contribution in [0.4, 0.5) is 5.82 Å². The molecule has 4 nitrogen and oxygen atoms in total. The summed E-state index contributed by atoms with van der Waals surface area (Å²) in [5.41, 5.74) is 1.98. The minimum absolute atomic E-state index is 0.0253. The van der Waals surface area contributed by atoms with E-state index in [1.54, 1.807) is 25.2 Å². The van der Waals surface area contributed by atoms with E-state index < -0.39 is 0 Å². The first-order valence-corrected chi connectivity index (χ1v) is 7.14. The van der Waals surface area contributed by atoms with Crippen LogP contribution in [-0.4, -0.2) is 35.9 Å². The summed E-state index contributed by atoms with van der Waals surface area (Å²) in [6, 6.07) is 14.6. The Labute approximate surface area is 124 Å². The van der Waals surface area contributed by atoms with Crippen LogP contribution in [0, 0.1) is 0 Å². The largest absolute Gasteiger partial charge is 0.367 e. The van der Waals surface area contributed by atoms with Crippen molar-refractivity contribution in [2.24, 2.45) is 0 Å². The van der Waals surface area contributed by atoms with E-state index in [1.165, 1.54) is 5.56 Å². The zero-order valence-electron chi connectivity index (χ0n) is 12.3. The number of amides is 1. The van der Waals surface area contributed by atoms with Gasteiger partial charge in [0.1, 0.15) is 5.82 Å². The van der Waals surface area contributed by atoms with Crippen LogP contribution < -0.4 is 5.32 Å². The molecule has 1 amide bonds. The summed E-state index contributed by atoms with van der Waals surface area (Å²) in [6.07, 6.45) is 2.76. The lowest BCUT2D eigenvalue weighted by atomic mass is 10.1. The number of nitrogens with one attached hydrogen (secondary N) is 1. The monoisotopic (exact) mass is 281 g/mol. The molecule has 2 aromatic rings. The van der Waals surface area contributed by atoms with Crippen molar-refractivity contribution in [2.75, 3.05) is 19.4 Å². The van der Waals surface area contributed by atoms with Gasteiger partial charge < -0.3 is 10.2 Å². The molecule has 1 aliphatic rings. The smallest absolute Gasteiger partial charge is 0.254 e. The summed E-state index contributed by atoms with van der Waals surface area (Å²) in [4.78, 5) is 17.7. The molecule has 108 valence electrons. The fourth-order valence-corrected chi connectivity index (χ4v) is 2.48. The number of rotatable bonds is 4. The van der Waals surface area contributed by atoms with Crippen LogP contribution in [-0.2, 0) is 0 Å². The maximum atomic E-state index is 11.8. The normalized spacial score (nSPS) is 19.9. The highest BCUT2D eigenvalue weighted by Gasteiger charge is 2.38. The number of carbonyl (C=O) groups excluding carboxylic acids is 1. The number of aromatic nitrogens is 1. The fraction of sp³-hybridized carbons (Fsp3) is 0.294. The summed E-state index contributed by atoms with van der Waals surface area (Å²) < 4.78 is 0. The van der Waals surface area contributed by atoms with Gasteiger partial charge in [0.05, 0.1) is 5.56 Å². The highest BCUT2D eigenvalue weighted by Crippen LogP contribution is 2.42. The van der Waals surface area contributed by atoms with Gasteiger partial charge in [-0.05, 0) is 24.1 Å². The highest BCUT2D eigenvalue weighted by molar-refractivity contribution is 5.93. The number of benzene rings is 1. The number of carbonyl (C=O) groups is 1. The Hall–Kier alpha value is -2.36. The number of pyridine rings is 1. The first-order chi connectivity index (χ1) is 10.1. The van der Waals surface area contributed by atoms with E-state index in [1.807, 2.05) is 18.2 Å². The van der Waals surface area contributed by atoms with Crippen LogP contribution >= 0.6 is 0 Å². The van der Waals surface area contributed by atoms with Crippen molar-refractivity contribution in [2.45, 2.75) is 18.4 Å². The number of hydrogen-bond donors (Lipinski definition) is 1. The van der Waals surface area contributed by atoms with Gasteiger partial charge in [-0.2, -0.15) is 0 Å². The lowest BCUT2D eigenvalue weighted by molar-refractivity contribution is 0.0827. The zero-order chi connectivity index (χ0) is 14.8. The molecule has 0 spiro atoms. The summed E-state index contributed by atoms with van der Waals surface area (Å²) in [5, 5.41) is 3.42. The van der Waals surface area contributed by atoms with Crippen molar-refractivity contribution in [1.29, 1.82) is 0 Å². The predicted molar refractivity (Wildman–Crippen MR) is 83.5 cm³/mol. The molecule has 0 radical (unpaired) electrons. The third-order valence-electron chi connectivity index (χ3n) is 3.77. The Balaban J connectivity index is 1.61. The molecule has 21 heavy (non-hydrogen) atoms. The Kier molecular flexibility index (Phi) is 3.60. The quantitative estimate of drug-likeness (QED) is 0.937. The molecule has 1 heterocycles. The predicted octanol–water partition coefficient (Wildman–Crippen LogP) is 2.75. The van der Waals surface area contributed by atoms with Crippen LogP contribution in [0.3, 0.4) is 0 Å². The van der Waals surface area contributed by atoms with Crippen molar-refractivity contribution in [3.8, 4) is 0 Å². The van der Waals surface area contributed by atoms with Crippen molar-refractivity contribution in [3.63, 3.8) is 0 Å². The van der Waals surface area contributed by atoms with Gasteiger partial charge >= 0.3 is 0 Å². The molecule has 1 N–H and O–H groups in total. The maximum Gasteiger partial charge on any atom is 0.254 e. The van der Waals surface area contributed by atoms with E-state index in [-0.39, 0.29) is 5.91 Å². The van der Waals surface area contributed by atoms with Gasteiger partial charge in [0, 0.05) is 32.3 Å². The fourth-order valence-electron chi connectivity index (χ4n) is 2.48. The molecule has 1 fully saturated rings. The van der Waals surface area contributed by atoms with Crippen LogP contribution in [0.5, 0.6) is 0 Å². The van der Waals surface area contributed by atoms with Gasteiger partial charge in [0.2, 0.25) is 0 Å². The maximum absolute atomic E-state index is 11.8. The van der Waals surface area contributed by atoms with E-state index in [2.05, 4.69) is 34.6 Å². The first-order valence-electron chi connectivity index (χ1n) is 7.14. The molecule has 1 aromatic heterocycles. The van der Waals surface area contributed by atoms with Crippen molar-refractivity contribution in [3.05, 3.63) is 59.8 Å². The third kappa shape index (κ3) is 3.05. The molecule has 1 aliphatic carbocycles. The summed E-state index contributed by atoms with van der Waals surface area (Å²) in [7, 11) is 3.48. The topological polar surface area (TPSA) is 45.2 Å². The molecule has 1 saturated carbocycles. The molecule has 0 bridgehead atoms. The van der Waals surface area contributed by atoms with E-state index in [0.717, 1.165) is 12.2 Å². The Morgan fingerprint density at radius 3 is 2.57 bits per heavy atom. The first kappa shape index (κ1) is 13.6. The molecule has 2 unspecified atom stereocenters. The van der Waals surface area contributed by atoms with E-state index in [0.29, 0.717) is 17.5 Å². The Morgan fingerprint density at radius 2 is 1.95 bits per heavy atom. The SMILES string of the molecule is CN(C)C(=O)c1ccc(NC2CC2c2ccccc2)nc1. The lowest BCUT2D eigenvalue weighted by Gasteiger charge is -2.10.